The molecule has 0 aromatic heterocycles. The molecule has 0 radical (unpaired) electrons. The van der Waals surface area contributed by atoms with Crippen molar-refractivity contribution in [2.24, 2.45) is 0 Å². The Morgan fingerprint density at radius 3 is 2.62 bits per heavy atom. The van der Waals surface area contributed by atoms with E-state index in [-0.39, 0.29) is 17.7 Å². The van der Waals surface area contributed by atoms with Crippen molar-refractivity contribution >= 4 is 5.78 Å². The van der Waals surface area contributed by atoms with E-state index in [1.165, 1.54) is 19.1 Å². The Balaban J connectivity index is 2.80. The van der Waals surface area contributed by atoms with Crippen LogP contribution in [0.15, 0.2) is 12.1 Å². The van der Waals surface area contributed by atoms with E-state index in [0.29, 0.717) is 6.61 Å². The second-order valence-corrected chi connectivity index (χ2v) is 3.53. The molecule has 0 spiro atoms. The van der Waals surface area contributed by atoms with Crippen LogP contribution in [0.4, 0.5) is 8.78 Å². The molecular weight excluding hydrogens is 214 g/mol. The summed E-state index contributed by atoms with van der Waals surface area (Å²) in [6.07, 6.45) is 0.776. The molecule has 0 unspecified atom stereocenters. The van der Waals surface area contributed by atoms with Crippen LogP contribution >= 0.6 is 0 Å². The molecule has 0 aliphatic carbocycles. The second kappa shape index (κ2) is 5.70. The third-order valence-electron chi connectivity index (χ3n) is 2.16. The molecule has 1 aromatic carbocycles. The van der Waals surface area contributed by atoms with Crippen molar-refractivity contribution in [3.05, 3.63) is 34.9 Å². The summed E-state index contributed by atoms with van der Waals surface area (Å²) in [5, 5.41) is 0. The summed E-state index contributed by atoms with van der Waals surface area (Å²) in [5.41, 5.74) is -0.0669. The van der Waals surface area contributed by atoms with E-state index in [1.54, 1.807) is 0 Å². The van der Waals surface area contributed by atoms with E-state index >= 15 is 0 Å². The van der Waals surface area contributed by atoms with E-state index < -0.39 is 17.4 Å². The Morgan fingerprint density at radius 1 is 1.31 bits per heavy atom. The quantitative estimate of drug-likeness (QED) is 0.572. The average Bonchev–Trinajstić information content (AvgIpc) is 2.26. The van der Waals surface area contributed by atoms with Gasteiger partial charge in [-0.3, -0.25) is 4.79 Å². The first-order valence-electron chi connectivity index (χ1n) is 5.13. The van der Waals surface area contributed by atoms with Crippen molar-refractivity contribution in [3.63, 3.8) is 0 Å². The highest BCUT2D eigenvalue weighted by Gasteiger charge is 2.16. The SMILES string of the molecule is CCCOCC(=O)c1ccc(C)c(F)c1F. The molecule has 0 aliphatic rings. The van der Waals surface area contributed by atoms with Crippen molar-refractivity contribution in [3.8, 4) is 0 Å². The number of carbonyl (C=O) groups excluding carboxylic acids is 1. The first-order chi connectivity index (χ1) is 7.57. The number of carbonyl (C=O) groups is 1. The van der Waals surface area contributed by atoms with Gasteiger partial charge in [0, 0.05) is 6.61 Å². The third kappa shape index (κ3) is 2.85. The summed E-state index contributed by atoms with van der Waals surface area (Å²) in [6, 6.07) is 2.66. The van der Waals surface area contributed by atoms with Crippen molar-refractivity contribution in [1.82, 2.24) is 0 Å². The smallest absolute Gasteiger partial charge is 0.191 e. The number of Topliss-reactive ketones (excluding diaryl/α,β-unsaturated/α-hetero) is 1. The summed E-state index contributed by atoms with van der Waals surface area (Å²) in [7, 11) is 0. The van der Waals surface area contributed by atoms with Crippen molar-refractivity contribution in [1.29, 1.82) is 0 Å². The second-order valence-electron chi connectivity index (χ2n) is 3.53. The summed E-state index contributed by atoms with van der Waals surface area (Å²) >= 11 is 0. The number of ether oxygens (including phenoxy) is 1. The lowest BCUT2D eigenvalue weighted by molar-refractivity contribution is 0.0756. The molecule has 0 N–H and O–H groups in total. The highest BCUT2D eigenvalue weighted by Crippen LogP contribution is 2.16. The van der Waals surface area contributed by atoms with Crippen LogP contribution < -0.4 is 0 Å². The Morgan fingerprint density at radius 2 is 2.00 bits per heavy atom. The normalized spacial score (nSPS) is 10.5. The molecule has 0 saturated carbocycles. The van der Waals surface area contributed by atoms with Gasteiger partial charge >= 0.3 is 0 Å². The van der Waals surface area contributed by atoms with Crippen LogP contribution in [0.25, 0.3) is 0 Å². The van der Waals surface area contributed by atoms with Gasteiger partial charge in [0.05, 0.1) is 5.56 Å². The van der Waals surface area contributed by atoms with E-state index in [0.717, 1.165) is 6.42 Å². The molecule has 0 amide bonds. The van der Waals surface area contributed by atoms with Crippen LogP contribution in [0.1, 0.15) is 29.3 Å². The van der Waals surface area contributed by atoms with Crippen molar-refractivity contribution in [2.45, 2.75) is 20.3 Å². The maximum atomic E-state index is 13.4. The van der Waals surface area contributed by atoms with E-state index in [1.807, 2.05) is 6.92 Å². The summed E-state index contributed by atoms with van der Waals surface area (Å²) in [6.45, 7) is 3.56. The van der Waals surface area contributed by atoms with Crippen LogP contribution in [0.5, 0.6) is 0 Å². The van der Waals surface area contributed by atoms with Gasteiger partial charge in [-0.25, -0.2) is 8.78 Å². The lowest BCUT2D eigenvalue weighted by Crippen LogP contribution is -2.12. The average molecular weight is 228 g/mol. The highest BCUT2D eigenvalue weighted by atomic mass is 19.2. The molecule has 0 heterocycles. The minimum absolute atomic E-state index is 0.184. The molecule has 1 rings (SSSR count). The Bertz CT molecular complexity index is 389. The van der Waals surface area contributed by atoms with Gasteiger partial charge in [-0.2, -0.15) is 0 Å². The Kier molecular flexibility index (Phi) is 4.55. The van der Waals surface area contributed by atoms with Crippen LogP contribution in [-0.2, 0) is 4.74 Å². The van der Waals surface area contributed by atoms with Crippen LogP contribution in [-0.4, -0.2) is 19.0 Å². The molecule has 0 fully saturated rings. The van der Waals surface area contributed by atoms with Gasteiger partial charge in [0.1, 0.15) is 6.61 Å². The lowest BCUT2D eigenvalue weighted by Gasteiger charge is -2.05. The van der Waals surface area contributed by atoms with Gasteiger partial charge in [-0.15, -0.1) is 0 Å². The predicted molar refractivity (Wildman–Crippen MR) is 56.5 cm³/mol. The van der Waals surface area contributed by atoms with E-state index in [9.17, 15) is 13.6 Å². The van der Waals surface area contributed by atoms with Crippen LogP contribution in [0.2, 0.25) is 0 Å². The molecule has 0 atom stereocenters. The molecule has 0 bridgehead atoms. The van der Waals surface area contributed by atoms with Crippen LogP contribution in [0, 0.1) is 18.6 Å². The number of hydrogen-bond donors (Lipinski definition) is 0. The summed E-state index contributed by atoms with van der Waals surface area (Å²) in [5.74, 6) is -2.60. The van der Waals surface area contributed by atoms with Gasteiger partial charge in [0.15, 0.2) is 17.4 Å². The maximum Gasteiger partial charge on any atom is 0.191 e. The minimum Gasteiger partial charge on any atom is -0.373 e. The monoisotopic (exact) mass is 228 g/mol. The number of halogens is 2. The van der Waals surface area contributed by atoms with Gasteiger partial charge in [-0.05, 0) is 25.0 Å². The Labute approximate surface area is 93.2 Å². The van der Waals surface area contributed by atoms with Crippen LogP contribution in [0.3, 0.4) is 0 Å². The third-order valence-corrected chi connectivity index (χ3v) is 2.16. The topological polar surface area (TPSA) is 26.3 Å². The van der Waals surface area contributed by atoms with Gasteiger partial charge in [-0.1, -0.05) is 13.0 Å². The van der Waals surface area contributed by atoms with Gasteiger partial charge < -0.3 is 4.74 Å². The van der Waals surface area contributed by atoms with E-state index in [4.69, 9.17) is 4.74 Å². The highest BCUT2D eigenvalue weighted by molar-refractivity contribution is 5.97. The van der Waals surface area contributed by atoms with E-state index in [2.05, 4.69) is 0 Å². The fourth-order valence-corrected chi connectivity index (χ4v) is 1.25. The first-order valence-corrected chi connectivity index (χ1v) is 5.13. The number of hydrogen-bond acceptors (Lipinski definition) is 2. The van der Waals surface area contributed by atoms with Gasteiger partial charge in [0.2, 0.25) is 0 Å². The molecule has 88 valence electrons. The number of rotatable bonds is 5. The number of benzene rings is 1. The summed E-state index contributed by atoms with van der Waals surface area (Å²) < 4.78 is 31.5. The summed E-state index contributed by atoms with van der Waals surface area (Å²) in [4.78, 5) is 11.5. The molecular formula is C12H14F2O2. The Hall–Kier alpha value is -1.29. The molecule has 16 heavy (non-hydrogen) atoms. The van der Waals surface area contributed by atoms with Gasteiger partial charge in [0.25, 0.3) is 0 Å². The number of aryl methyl sites for hydroxylation is 1. The molecule has 0 aliphatic heterocycles. The largest absolute Gasteiger partial charge is 0.373 e. The molecule has 0 saturated heterocycles. The molecule has 4 heteroatoms. The molecule has 2 nitrogen and oxygen atoms in total. The zero-order valence-electron chi connectivity index (χ0n) is 9.35. The molecule has 1 aromatic rings. The fourth-order valence-electron chi connectivity index (χ4n) is 1.25. The predicted octanol–water partition coefficient (Wildman–Crippen LogP) is 2.88. The zero-order chi connectivity index (χ0) is 12.1. The fraction of sp³-hybridized carbons (Fsp3) is 0.417. The lowest BCUT2D eigenvalue weighted by atomic mass is 10.1. The maximum absolute atomic E-state index is 13.4. The number of ketones is 1. The van der Waals surface area contributed by atoms with Crippen molar-refractivity contribution in [2.75, 3.05) is 13.2 Å². The zero-order valence-corrected chi connectivity index (χ0v) is 9.35. The first kappa shape index (κ1) is 12.8. The van der Waals surface area contributed by atoms with Crippen molar-refractivity contribution < 1.29 is 18.3 Å². The minimum atomic E-state index is -1.09. The standard InChI is InChI=1S/C12H14F2O2/c1-3-6-16-7-10(15)9-5-4-8(2)11(13)12(9)14/h4-5H,3,6-7H2,1-2H3.